The van der Waals surface area contributed by atoms with Gasteiger partial charge in [0.2, 0.25) is 6.79 Å². The molecule has 2 heterocycles. The van der Waals surface area contributed by atoms with Crippen molar-refractivity contribution in [2.75, 3.05) is 6.79 Å². The van der Waals surface area contributed by atoms with E-state index in [1.807, 2.05) is 0 Å². The number of rotatable bonds is 2. The van der Waals surface area contributed by atoms with Crippen LogP contribution in [0, 0.1) is 0 Å². The zero-order chi connectivity index (χ0) is 12.7. The largest absolute Gasteiger partial charge is 0.477 e. The summed E-state index contributed by atoms with van der Waals surface area (Å²) >= 11 is 3.40. The molecule has 0 atom stereocenters. The Morgan fingerprint density at radius 2 is 2.06 bits per heavy atom. The molecule has 92 valence electrons. The maximum atomic E-state index is 10.8. The molecule has 1 aliphatic rings. The molecule has 0 amide bonds. The lowest BCUT2D eigenvalue weighted by atomic mass is 10.1. The SMILES string of the molecule is O=C(O)c1cc(-c2cc3c(cc2Br)OCO3)n[nH]1. The first-order valence-corrected chi connectivity index (χ1v) is 5.82. The van der Waals surface area contributed by atoms with Gasteiger partial charge in [-0.1, -0.05) is 0 Å². The molecule has 2 aromatic rings. The number of ether oxygens (including phenoxy) is 2. The Morgan fingerprint density at radius 3 is 2.72 bits per heavy atom. The van der Waals surface area contributed by atoms with E-state index >= 15 is 0 Å². The Hall–Kier alpha value is -2.02. The highest BCUT2D eigenvalue weighted by molar-refractivity contribution is 9.10. The van der Waals surface area contributed by atoms with E-state index in [4.69, 9.17) is 14.6 Å². The summed E-state index contributed by atoms with van der Waals surface area (Å²) in [6.07, 6.45) is 0. The molecule has 0 saturated carbocycles. The molecule has 0 radical (unpaired) electrons. The second-order valence-corrected chi connectivity index (χ2v) is 4.51. The first-order valence-electron chi connectivity index (χ1n) is 5.03. The molecule has 18 heavy (non-hydrogen) atoms. The normalized spacial score (nSPS) is 12.7. The standard InChI is InChI=1S/C11H7BrN2O4/c12-6-2-10-9(17-4-18-10)1-5(6)7-3-8(11(15)16)14-13-7/h1-3H,4H2,(H,13,14)(H,15,16). The van der Waals surface area contributed by atoms with Gasteiger partial charge in [0.15, 0.2) is 11.5 Å². The predicted octanol–water partition coefficient (Wildman–Crippen LogP) is 2.27. The number of fused-ring (bicyclic) bond motifs is 1. The van der Waals surface area contributed by atoms with Gasteiger partial charge in [0.05, 0.1) is 5.69 Å². The van der Waals surface area contributed by atoms with Crippen molar-refractivity contribution in [2.24, 2.45) is 0 Å². The van der Waals surface area contributed by atoms with Gasteiger partial charge in [-0.05, 0) is 34.1 Å². The molecule has 0 aliphatic carbocycles. The van der Waals surface area contributed by atoms with E-state index in [1.165, 1.54) is 6.07 Å². The number of aromatic carboxylic acids is 1. The van der Waals surface area contributed by atoms with Crippen molar-refractivity contribution < 1.29 is 19.4 Å². The number of carbonyl (C=O) groups is 1. The Balaban J connectivity index is 2.08. The van der Waals surface area contributed by atoms with Crippen LogP contribution in [0.2, 0.25) is 0 Å². The van der Waals surface area contributed by atoms with Crippen LogP contribution in [0.3, 0.4) is 0 Å². The van der Waals surface area contributed by atoms with Crippen molar-refractivity contribution in [2.45, 2.75) is 0 Å². The van der Waals surface area contributed by atoms with Gasteiger partial charge in [-0.25, -0.2) is 4.79 Å². The number of aromatic amines is 1. The minimum Gasteiger partial charge on any atom is -0.477 e. The third-order valence-corrected chi connectivity index (χ3v) is 3.20. The van der Waals surface area contributed by atoms with Crippen LogP contribution in [-0.2, 0) is 0 Å². The van der Waals surface area contributed by atoms with Gasteiger partial charge >= 0.3 is 5.97 Å². The van der Waals surface area contributed by atoms with E-state index < -0.39 is 5.97 Å². The van der Waals surface area contributed by atoms with Crippen LogP contribution in [0.15, 0.2) is 22.7 Å². The topological polar surface area (TPSA) is 84.4 Å². The second-order valence-electron chi connectivity index (χ2n) is 3.66. The molecule has 0 spiro atoms. The molecule has 1 aromatic carbocycles. The number of aromatic nitrogens is 2. The summed E-state index contributed by atoms with van der Waals surface area (Å²) in [6, 6.07) is 4.99. The summed E-state index contributed by atoms with van der Waals surface area (Å²) in [4.78, 5) is 10.8. The number of nitrogens with one attached hydrogen (secondary N) is 1. The summed E-state index contributed by atoms with van der Waals surface area (Å²) < 4.78 is 11.3. The highest BCUT2D eigenvalue weighted by Crippen LogP contribution is 2.40. The molecule has 1 aliphatic heterocycles. The van der Waals surface area contributed by atoms with E-state index in [2.05, 4.69) is 26.1 Å². The molecule has 0 fully saturated rings. The summed E-state index contributed by atoms with van der Waals surface area (Å²) in [5, 5.41) is 15.3. The molecule has 2 N–H and O–H groups in total. The summed E-state index contributed by atoms with van der Waals surface area (Å²) in [7, 11) is 0. The van der Waals surface area contributed by atoms with E-state index in [9.17, 15) is 4.79 Å². The molecule has 6 nitrogen and oxygen atoms in total. The molecular formula is C11H7BrN2O4. The second kappa shape index (κ2) is 4.02. The number of hydrogen-bond donors (Lipinski definition) is 2. The predicted molar refractivity (Wildman–Crippen MR) is 64.8 cm³/mol. The molecular weight excluding hydrogens is 304 g/mol. The van der Waals surface area contributed by atoms with Crippen LogP contribution >= 0.6 is 15.9 Å². The Morgan fingerprint density at radius 1 is 1.33 bits per heavy atom. The minimum atomic E-state index is -1.05. The van der Waals surface area contributed by atoms with Crippen LogP contribution in [0.25, 0.3) is 11.3 Å². The smallest absolute Gasteiger partial charge is 0.353 e. The van der Waals surface area contributed by atoms with Crippen LogP contribution in [0.5, 0.6) is 11.5 Å². The molecule has 3 rings (SSSR count). The van der Waals surface area contributed by atoms with Gasteiger partial charge in [0.25, 0.3) is 0 Å². The van der Waals surface area contributed by atoms with Gasteiger partial charge < -0.3 is 14.6 Å². The number of benzene rings is 1. The number of nitrogens with zero attached hydrogens (tertiary/aromatic N) is 1. The summed E-state index contributed by atoms with van der Waals surface area (Å²) in [6.45, 7) is 0.187. The fraction of sp³-hybridized carbons (Fsp3) is 0.0909. The Kier molecular flexibility index (Phi) is 2.48. The number of halogens is 1. The average molecular weight is 311 g/mol. The molecule has 0 saturated heterocycles. The molecule has 0 bridgehead atoms. The first-order chi connectivity index (χ1) is 8.65. The summed E-state index contributed by atoms with van der Waals surface area (Å²) in [5.41, 5.74) is 1.30. The maximum Gasteiger partial charge on any atom is 0.353 e. The molecule has 0 unspecified atom stereocenters. The van der Waals surface area contributed by atoms with Crippen molar-refractivity contribution >= 4 is 21.9 Å². The average Bonchev–Trinajstić information content (AvgIpc) is 2.94. The van der Waals surface area contributed by atoms with Gasteiger partial charge in [0, 0.05) is 10.0 Å². The minimum absolute atomic E-state index is 0.0366. The van der Waals surface area contributed by atoms with E-state index in [0.29, 0.717) is 17.2 Å². The van der Waals surface area contributed by atoms with Crippen molar-refractivity contribution in [3.63, 3.8) is 0 Å². The number of H-pyrrole nitrogens is 1. The highest BCUT2D eigenvalue weighted by Gasteiger charge is 2.19. The highest BCUT2D eigenvalue weighted by atomic mass is 79.9. The van der Waals surface area contributed by atoms with Crippen molar-refractivity contribution in [1.29, 1.82) is 0 Å². The van der Waals surface area contributed by atoms with Crippen molar-refractivity contribution in [1.82, 2.24) is 10.2 Å². The van der Waals surface area contributed by atoms with Gasteiger partial charge in [0.1, 0.15) is 5.69 Å². The third kappa shape index (κ3) is 1.72. The fourth-order valence-electron chi connectivity index (χ4n) is 1.68. The summed E-state index contributed by atoms with van der Waals surface area (Å²) in [5.74, 6) is 0.221. The van der Waals surface area contributed by atoms with E-state index in [1.54, 1.807) is 12.1 Å². The molecule has 7 heteroatoms. The van der Waals surface area contributed by atoms with Crippen LogP contribution in [-0.4, -0.2) is 28.1 Å². The van der Waals surface area contributed by atoms with Gasteiger partial charge in [-0.15, -0.1) is 0 Å². The third-order valence-electron chi connectivity index (χ3n) is 2.55. The Bertz CT molecular complexity index is 638. The fourth-order valence-corrected chi connectivity index (χ4v) is 2.21. The quantitative estimate of drug-likeness (QED) is 0.889. The zero-order valence-electron chi connectivity index (χ0n) is 8.94. The van der Waals surface area contributed by atoms with Gasteiger partial charge in [-0.3, -0.25) is 5.10 Å². The Labute approximate surface area is 110 Å². The number of hydrogen-bond acceptors (Lipinski definition) is 4. The molecule has 1 aromatic heterocycles. The van der Waals surface area contributed by atoms with Crippen molar-refractivity contribution in [3.8, 4) is 22.8 Å². The van der Waals surface area contributed by atoms with Gasteiger partial charge in [-0.2, -0.15) is 5.10 Å². The van der Waals surface area contributed by atoms with E-state index in [-0.39, 0.29) is 12.5 Å². The lowest BCUT2D eigenvalue weighted by molar-refractivity contribution is 0.0690. The van der Waals surface area contributed by atoms with Crippen LogP contribution in [0.4, 0.5) is 0 Å². The van der Waals surface area contributed by atoms with Crippen molar-refractivity contribution in [3.05, 3.63) is 28.4 Å². The maximum absolute atomic E-state index is 10.8. The van der Waals surface area contributed by atoms with Crippen LogP contribution in [0.1, 0.15) is 10.5 Å². The monoisotopic (exact) mass is 310 g/mol. The lowest BCUT2D eigenvalue weighted by Crippen LogP contribution is -1.95. The zero-order valence-corrected chi connectivity index (χ0v) is 10.5. The number of carboxylic acids is 1. The lowest BCUT2D eigenvalue weighted by Gasteiger charge is -2.03. The first kappa shape index (κ1) is 11.1. The van der Waals surface area contributed by atoms with Crippen LogP contribution < -0.4 is 9.47 Å². The number of carboxylic acid groups (broad SMARTS) is 1. The van der Waals surface area contributed by atoms with E-state index in [0.717, 1.165) is 10.0 Å².